The maximum Gasteiger partial charge on any atom is 0.250 e. The van der Waals surface area contributed by atoms with Crippen LogP contribution in [0.15, 0.2) is 83.3 Å². The van der Waals surface area contributed by atoms with Crippen LogP contribution in [-0.2, 0) is 4.79 Å². The molecule has 0 aliphatic carbocycles. The second kappa shape index (κ2) is 10.0. The minimum absolute atomic E-state index is 0.158. The van der Waals surface area contributed by atoms with Crippen molar-refractivity contribution in [2.24, 2.45) is 5.10 Å². The third-order valence-electron chi connectivity index (χ3n) is 4.78. The molecule has 0 bridgehead atoms. The van der Waals surface area contributed by atoms with Crippen LogP contribution in [-0.4, -0.2) is 37.6 Å². The zero-order valence-electron chi connectivity index (χ0n) is 17.8. The van der Waals surface area contributed by atoms with E-state index in [0.29, 0.717) is 11.0 Å². The topological polar surface area (TPSA) is 85.1 Å². The number of carbonyl (C=O) groups excluding carboxylic acids is 1. The standard InChI is InChI=1S/C24H22N6OS/c1-17-7-9-21(10-8-17)30-23(19-11-13-25-14-12-19)28-29-24(30)32-16-22(31)27-26-15-20-6-4-3-5-18(20)2/h3-15H,16H2,1-2H3,(H,27,31)/b26-15+. The summed E-state index contributed by atoms with van der Waals surface area (Å²) in [6, 6.07) is 19.7. The molecular weight excluding hydrogens is 420 g/mol. The molecule has 2 heterocycles. The lowest BCUT2D eigenvalue weighted by atomic mass is 10.1. The van der Waals surface area contributed by atoms with Crippen molar-refractivity contribution in [2.45, 2.75) is 19.0 Å². The van der Waals surface area contributed by atoms with Crippen molar-refractivity contribution in [1.29, 1.82) is 0 Å². The van der Waals surface area contributed by atoms with Crippen LogP contribution >= 0.6 is 11.8 Å². The smallest absolute Gasteiger partial charge is 0.250 e. The Balaban J connectivity index is 1.51. The molecule has 4 rings (SSSR count). The highest BCUT2D eigenvalue weighted by molar-refractivity contribution is 7.99. The van der Waals surface area contributed by atoms with E-state index in [0.717, 1.165) is 27.9 Å². The Bertz CT molecular complexity index is 1240. The van der Waals surface area contributed by atoms with Gasteiger partial charge in [0.1, 0.15) is 0 Å². The van der Waals surface area contributed by atoms with E-state index in [1.54, 1.807) is 18.6 Å². The minimum atomic E-state index is -0.219. The second-order valence-corrected chi connectivity index (χ2v) is 8.09. The van der Waals surface area contributed by atoms with Gasteiger partial charge in [-0.05, 0) is 49.2 Å². The molecule has 0 spiro atoms. The molecular formula is C24H22N6OS. The van der Waals surface area contributed by atoms with Crippen molar-refractivity contribution in [3.8, 4) is 17.1 Å². The van der Waals surface area contributed by atoms with Gasteiger partial charge in [-0.2, -0.15) is 5.10 Å². The maximum absolute atomic E-state index is 12.3. The number of hydrogen-bond donors (Lipinski definition) is 1. The van der Waals surface area contributed by atoms with Gasteiger partial charge in [0.15, 0.2) is 11.0 Å². The van der Waals surface area contributed by atoms with Crippen molar-refractivity contribution in [1.82, 2.24) is 25.2 Å². The van der Waals surface area contributed by atoms with Crippen molar-refractivity contribution in [3.05, 3.63) is 89.7 Å². The molecule has 32 heavy (non-hydrogen) atoms. The minimum Gasteiger partial charge on any atom is -0.272 e. The quantitative estimate of drug-likeness (QED) is 0.264. The molecule has 1 N–H and O–H groups in total. The summed E-state index contributed by atoms with van der Waals surface area (Å²) < 4.78 is 1.95. The Morgan fingerprint density at radius 3 is 2.53 bits per heavy atom. The van der Waals surface area contributed by atoms with E-state index < -0.39 is 0 Å². The first kappa shape index (κ1) is 21.5. The molecule has 1 amide bonds. The van der Waals surface area contributed by atoms with E-state index in [9.17, 15) is 4.79 Å². The summed E-state index contributed by atoms with van der Waals surface area (Å²) in [5.41, 5.74) is 7.61. The van der Waals surface area contributed by atoms with E-state index in [2.05, 4.69) is 25.7 Å². The first-order valence-corrected chi connectivity index (χ1v) is 11.0. The van der Waals surface area contributed by atoms with Crippen LogP contribution in [0.1, 0.15) is 16.7 Å². The summed E-state index contributed by atoms with van der Waals surface area (Å²) in [5.74, 6) is 0.631. The highest BCUT2D eigenvalue weighted by Gasteiger charge is 2.17. The number of aryl methyl sites for hydroxylation is 2. The number of hydrazone groups is 1. The Kier molecular flexibility index (Phi) is 6.72. The fourth-order valence-corrected chi connectivity index (χ4v) is 3.79. The van der Waals surface area contributed by atoms with E-state index in [1.165, 1.54) is 11.8 Å². The number of carbonyl (C=O) groups is 1. The molecule has 0 saturated heterocycles. The van der Waals surface area contributed by atoms with E-state index in [-0.39, 0.29) is 11.7 Å². The highest BCUT2D eigenvalue weighted by Crippen LogP contribution is 2.27. The molecule has 2 aromatic carbocycles. The fourth-order valence-electron chi connectivity index (χ4n) is 3.05. The van der Waals surface area contributed by atoms with Gasteiger partial charge in [0.2, 0.25) is 0 Å². The first-order chi connectivity index (χ1) is 15.6. The Morgan fingerprint density at radius 2 is 1.78 bits per heavy atom. The van der Waals surface area contributed by atoms with Gasteiger partial charge in [-0.3, -0.25) is 14.3 Å². The lowest BCUT2D eigenvalue weighted by Gasteiger charge is -2.10. The average Bonchev–Trinajstić information content (AvgIpc) is 3.24. The predicted molar refractivity (Wildman–Crippen MR) is 127 cm³/mol. The predicted octanol–water partition coefficient (Wildman–Crippen LogP) is 4.19. The van der Waals surface area contributed by atoms with Crippen molar-refractivity contribution in [2.75, 3.05) is 5.75 Å². The zero-order chi connectivity index (χ0) is 22.3. The summed E-state index contributed by atoms with van der Waals surface area (Å²) in [5, 5.41) is 13.4. The van der Waals surface area contributed by atoms with Gasteiger partial charge in [0.25, 0.3) is 5.91 Å². The summed E-state index contributed by atoms with van der Waals surface area (Å²) >= 11 is 1.31. The zero-order valence-corrected chi connectivity index (χ0v) is 18.6. The lowest BCUT2D eigenvalue weighted by Crippen LogP contribution is -2.20. The molecule has 0 radical (unpaired) electrons. The molecule has 0 unspecified atom stereocenters. The van der Waals surface area contributed by atoms with Crippen molar-refractivity contribution >= 4 is 23.9 Å². The van der Waals surface area contributed by atoms with Crippen LogP contribution in [0.2, 0.25) is 0 Å². The number of hydrogen-bond acceptors (Lipinski definition) is 6. The number of nitrogens with zero attached hydrogens (tertiary/aromatic N) is 5. The fraction of sp³-hybridized carbons (Fsp3) is 0.125. The van der Waals surface area contributed by atoms with E-state index in [1.807, 2.05) is 79.1 Å². The van der Waals surface area contributed by atoms with E-state index in [4.69, 9.17) is 0 Å². The molecule has 4 aromatic rings. The number of pyridine rings is 1. The molecule has 0 aliphatic heterocycles. The van der Waals surface area contributed by atoms with Crippen LogP contribution in [0.5, 0.6) is 0 Å². The highest BCUT2D eigenvalue weighted by atomic mass is 32.2. The van der Waals surface area contributed by atoms with Crippen LogP contribution in [0.4, 0.5) is 0 Å². The van der Waals surface area contributed by atoms with Gasteiger partial charge in [0.05, 0.1) is 12.0 Å². The number of rotatable bonds is 7. The van der Waals surface area contributed by atoms with Crippen LogP contribution < -0.4 is 5.43 Å². The van der Waals surface area contributed by atoms with Crippen LogP contribution in [0.3, 0.4) is 0 Å². The average molecular weight is 443 g/mol. The van der Waals surface area contributed by atoms with Crippen molar-refractivity contribution < 1.29 is 4.79 Å². The molecule has 2 aromatic heterocycles. The molecule has 0 saturated carbocycles. The monoisotopic (exact) mass is 442 g/mol. The van der Waals surface area contributed by atoms with Gasteiger partial charge in [0, 0.05) is 23.6 Å². The number of amides is 1. The Hall–Kier alpha value is -3.78. The molecule has 0 atom stereocenters. The Labute approximate surface area is 190 Å². The number of thioether (sulfide) groups is 1. The molecule has 0 aliphatic rings. The van der Waals surface area contributed by atoms with Crippen molar-refractivity contribution in [3.63, 3.8) is 0 Å². The first-order valence-electron chi connectivity index (χ1n) is 10.0. The molecule has 8 heteroatoms. The largest absolute Gasteiger partial charge is 0.272 e. The lowest BCUT2D eigenvalue weighted by molar-refractivity contribution is -0.118. The molecule has 0 fully saturated rings. The maximum atomic E-state index is 12.3. The van der Waals surface area contributed by atoms with E-state index >= 15 is 0 Å². The SMILES string of the molecule is Cc1ccc(-n2c(SCC(=O)N/N=C/c3ccccc3C)nnc2-c2ccncc2)cc1. The second-order valence-electron chi connectivity index (χ2n) is 7.15. The Morgan fingerprint density at radius 1 is 1.03 bits per heavy atom. The van der Waals surface area contributed by atoms with Gasteiger partial charge < -0.3 is 0 Å². The van der Waals surface area contributed by atoms with Crippen LogP contribution in [0, 0.1) is 13.8 Å². The molecule has 160 valence electrons. The van der Waals surface area contributed by atoms with Gasteiger partial charge in [-0.15, -0.1) is 10.2 Å². The normalized spacial score (nSPS) is 11.1. The summed E-state index contributed by atoms with van der Waals surface area (Å²) in [4.78, 5) is 16.4. The van der Waals surface area contributed by atoms with Gasteiger partial charge in [-0.25, -0.2) is 5.43 Å². The third kappa shape index (κ3) is 5.09. The third-order valence-corrected chi connectivity index (χ3v) is 5.71. The summed E-state index contributed by atoms with van der Waals surface area (Å²) in [6.07, 6.45) is 5.08. The summed E-state index contributed by atoms with van der Waals surface area (Å²) in [6.45, 7) is 4.04. The van der Waals surface area contributed by atoms with Gasteiger partial charge >= 0.3 is 0 Å². The number of benzene rings is 2. The summed E-state index contributed by atoms with van der Waals surface area (Å²) in [7, 11) is 0. The molecule has 7 nitrogen and oxygen atoms in total. The number of nitrogens with one attached hydrogen (secondary N) is 1. The van der Waals surface area contributed by atoms with Gasteiger partial charge in [-0.1, -0.05) is 53.7 Å². The van der Waals surface area contributed by atoms with Crippen LogP contribution in [0.25, 0.3) is 17.1 Å². The number of aromatic nitrogens is 4.